The van der Waals surface area contributed by atoms with Crippen LogP contribution in [0.4, 0.5) is 5.95 Å². The van der Waals surface area contributed by atoms with Gasteiger partial charge in [0.1, 0.15) is 0 Å². The van der Waals surface area contributed by atoms with E-state index < -0.39 is 0 Å². The maximum absolute atomic E-state index is 12.6. The fourth-order valence-electron chi connectivity index (χ4n) is 3.46. The molecule has 1 aliphatic heterocycles. The predicted octanol–water partition coefficient (Wildman–Crippen LogP) is 2.70. The Morgan fingerprint density at radius 1 is 1.27 bits per heavy atom. The molecule has 30 heavy (non-hydrogen) atoms. The number of H-pyrrole nitrogens is 1. The van der Waals surface area contributed by atoms with E-state index in [1.54, 1.807) is 0 Å². The van der Waals surface area contributed by atoms with Crippen molar-refractivity contribution in [3.05, 3.63) is 55.9 Å². The third kappa shape index (κ3) is 5.70. The smallest absolute Gasteiger partial charge is 0.255 e. The molecule has 0 radical (unpaired) electrons. The van der Waals surface area contributed by atoms with Crippen LogP contribution in [0.1, 0.15) is 37.1 Å². The van der Waals surface area contributed by atoms with Crippen molar-refractivity contribution < 1.29 is 9.53 Å². The van der Waals surface area contributed by atoms with Gasteiger partial charge in [-0.3, -0.25) is 14.6 Å². The highest BCUT2D eigenvalue weighted by Gasteiger charge is 2.22. The SMILES string of the molecule is Cc1nc(N2CCOCC2)[nH]c(=O)c1CCC(=O)NCC(C)(C)c1ccc(Br)cc1. The molecule has 1 amide bonds. The van der Waals surface area contributed by atoms with Gasteiger partial charge in [0.2, 0.25) is 11.9 Å². The number of amides is 1. The summed E-state index contributed by atoms with van der Waals surface area (Å²) in [6.45, 7) is 9.21. The number of ether oxygens (including phenoxy) is 1. The molecule has 1 aromatic carbocycles. The second-order valence-corrected chi connectivity index (χ2v) is 9.14. The number of halogens is 1. The molecule has 0 atom stereocenters. The van der Waals surface area contributed by atoms with Crippen LogP contribution in [0.15, 0.2) is 33.5 Å². The van der Waals surface area contributed by atoms with E-state index in [2.05, 4.69) is 57.2 Å². The van der Waals surface area contributed by atoms with Crippen molar-refractivity contribution in [2.45, 2.75) is 39.0 Å². The van der Waals surface area contributed by atoms with E-state index in [4.69, 9.17) is 4.74 Å². The first-order chi connectivity index (χ1) is 14.3. The van der Waals surface area contributed by atoms with Crippen molar-refractivity contribution >= 4 is 27.8 Å². The lowest BCUT2D eigenvalue weighted by Crippen LogP contribution is -2.39. The summed E-state index contributed by atoms with van der Waals surface area (Å²) < 4.78 is 6.37. The lowest BCUT2D eigenvalue weighted by atomic mass is 9.84. The first kappa shape index (κ1) is 22.5. The van der Waals surface area contributed by atoms with Gasteiger partial charge in [-0.15, -0.1) is 0 Å². The van der Waals surface area contributed by atoms with E-state index >= 15 is 0 Å². The number of nitrogens with zero attached hydrogens (tertiary/aromatic N) is 2. The van der Waals surface area contributed by atoms with Crippen molar-refractivity contribution in [1.29, 1.82) is 0 Å². The number of anilines is 1. The molecule has 3 rings (SSSR count). The van der Waals surface area contributed by atoms with Crippen LogP contribution in [-0.2, 0) is 21.4 Å². The normalized spacial score (nSPS) is 14.6. The van der Waals surface area contributed by atoms with Crippen LogP contribution in [0, 0.1) is 6.92 Å². The summed E-state index contributed by atoms with van der Waals surface area (Å²) in [5.41, 5.74) is 2.02. The van der Waals surface area contributed by atoms with E-state index in [0.29, 0.717) is 56.5 Å². The third-order valence-electron chi connectivity index (χ3n) is 5.48. The quantitative estimate of drug-likeness (QED) is 0.641. The Labute approximate surface area is 185 Å². The minimum Gasteiger partial charge on any atom is -0.378 e. The molecule has 0 unspecified atom stereocenters. The van der Waals surface area contributed by atoms with Gasteiger partial charge < -0.3 is 15.0 Å². The fourth-order valence-corrected chi connectivity index (χ4v) is 3.73. The molecule has 1 aliphatic rings. The number of aryl methyl sites for hydroxylation is 1. The van der Waals surface area contributed by atoms with Gasteiger partial charge in [0.25, 0.3) is 5.56 Å². The van der Waals surface area contributed by atoms with Gasteiger partial charge in [0.05, 0.1) is 13.2 Å². The van der Waals surface area contributed by atoms with Gasteiger partial charge in [-0.1, -0.05) is 41.9 Å². The summed E-state index contributed by atoms with van der Waals surface area (Å²) in [6.07, 6.45) is 0.612. The molecule has 2 N–H and O–H groups in total. The molecule has 1 saturated heterocycles. The van der Waals surface area contributed by atoms with Crippen LogP contribution in [-0.4, -0.2) is 48.7 Å². The minimum absolute atomic E-state index is 0.0729. The maximum Gasteiger partial charge on any atom is 0.255 e. The molecule has 2 aromatic rings. The zero-order chi connectivity index (χ0) is 21.7. The minimum atomic E-state index is -0.189. The topological polar surface area (TPSA) is 87.3 Å². The van der Waals surface area contributed by atoms with Crippen LogP contribution in [0.5, 0.6) is 0 Å². The Morgan fingerprint density at radius 3 is 2.57 bits per heavy atom. The van der Waals surface area contributed by atoms with Crippen molar-refractivity contribution in [2.24, 2.45) is 0 Å². The number of morpholine rings is 1. The Bertz CT molecular complexity index is 934. The van der Waals surface area contributed by atoms with E-state index in [9.17, 15) is 9.59 Å². The molecular weight excluding hydrogens is 448 g/mol. The standard InChI is InChI=1S/C22H29BrN4O3/c1-15-18(20(29)26-21(25-15)27-10-12-30-13-11-27)8-9-19(28)24-14-22(2,3)16-4-6-17(23)7-5-16/h4-7H,8-14H2,1-3H3,(H,24,28)(H,25,26,29). The number of hydrogen-bond donors (Lipinski definition) is 2. The highest BCUT2D eigenvalue weighted by atomic mass is 79.9. The molecule has 0 aliphatic carbocycles. The monoisotopic (exact) mass is 476 g/mol. The number of nitrogens with one attached hydrogen (secondary N) is 2. The number of aromatic nitrogens is 2. The average Bonchev–Trinajstić information content (AvgIpc) is 2.72. The predicted molar refractivity (Wildman–Crippen MR) is 121 cm³/mol. The van der Waals surface area contributed by atoms with Crippen LogP contribution in [0.3, 0.4) is 0 Å². The second-order valence-electron chi connectivity index (χ2n) is 8.22. The molecule has 0 saturated carbocycles. The fraction of sp³-hybridized carbons (Fsp3) is 0.500. The number of rotatable bonds is 7. The molecule has 0 spiro atoms. The summed E-state index contributed by atoms with van der Waals surface area (Å²) in [4.78, 5) is 34.4. The molecule has 1 aromatic heterocycles. The van der Waals surface area contributed by atoms with Gasteiger partial charge in [-0.2, -0.15) is 0 Å². The van der Waals surface area contributed by atoms with Crippen molar-refractivity contribution in [1.82, 2.24) is 15.3 Å². The first-order valence-corrected chi connectivity index (χ1v) is 11.0. The Hall–Kier alpha value is -2.19. The summed E-state index contributed by atoms with van der Waals surface area (Å²) in [5, 5.41) is 3.00. The molecule has 7 nitrogen and oxygen atoms in total. The van der Waals surface area contributed by atoms with Crippen molar-refractivity contribution in [2.75, 3.05) is 37.7 Å². The summed E-state index contributed by atoms with van der Waals surface area (Å²) in [5.74, 6) is 0.501. The average molecular weight is 477 g/mol. The van der Waals surface area contributed by atoms with Crippen molar-refractivity contribution in [3.8, 4) is 0 Å². The van der Waals surface area contributed by atoms with Gasteiger partial charge in [0.15, 0.2) is 0 Å². The summed E-state index contributed by atoms with van der Waals surface area (Å²) in [6, 6.07) is 8.12. The van der Waals surface area contributed by atoms with E-state index in [-0.39, 0.29) is 23.3 Å². The zero-order valence-electron chi connectivity index (χ0n) is 17.8. The van der Waals surface area contributed by atoms with Crippen molar-refractivity contribution in [3.63, 3.8) is 0 Å². The van der Waals surface area contributed by atoms with Crippen LogP contribution < -0.4 is 15.8 Å². The van der Waals surface area contributed by atoms with Crippen LogP contribution in [0.2, 0.25) is 0 Å². The van der Waals surface area contributed by atoms with Crippen LogP contribution in [0.25, 0.3) is 0 Å². The molecular formula is C22H29BrN4O3. The lowest BCUT2D eigenvalue weighted by Gasteiger charge is -2.27. The van der Waals surface area contributed by atoms with E-state index in [1.807, 2.05) is 24.0 Å². The summed E-state index contributed by atoms with van der Waals surface area (Å²) in [7, 11) is 0. The maximum atomic E-state index is 12.6. The molecule has 0 bridgehead atoms. The Morgan fingerprint density at radius 2 is 1.93 bits per heavy atom. The molecule has 2 heterocycles. The second kappa shape index (κ2) is 9.75. The van der Waals surface area contributed by atoms with Gasteiger partial charge in [-0.05, 0) is 31.0 Å². The Kier molecular flexibility index (Phi) is 7.31. The number of aromatic amines is 1. The van der Waals surface area contributed by atoms with Gasteiger partial charge >= 0.3 is 0 Å². The van der Waals surface area contributed by atoms with Crippen LogP contribution >= 0.6 is 15.9 Å². The Balaban J connectivity index is 1.56. The first-order valence-electron chi connectivity index (χ1n) is 10.2. The highest BCUT2D eigenvalue weighted by molar-refractivity contribution is 9.10. The zero-order valence-corrected chi connectivity index (χ0v) is 19.3. The van der Waals surface area contributed by atoms with Gasteiger partial charge in [-0.25, -0.2) is 4.98 Å². The lowest BCUT2D eigenvalue weighted by molar-refractivity contribution is -0.121. The van der Waals surface area contributed by atoms with E-state index in [1.165, 1.54) is 0 Å². The number of hydrogen-bond acceptors (Lipinski definition) is 5. The number of carbonyl (C=O) groups is 1. The van der Waals surface area contributed by atoms with E-state index in [0.717, 1.165) is 10.0 Å². The molecule has 162 valence electrons. The molecule has 1 fully saturated rings. The number of benzene rings is 1. The third-order valence-corrected chi connectivity index (χ3v) is 6.00. The largest absolute Gasteiger partial charge is 0.378 e. The molecule has 8 heteroatoms. The summed E-state index contributed by atoms with van der Waals surface area (Å²) >= 11 is 3.44. The van der Waals surface area contributed by atoms with Gasteiger partial charge in [0, 0.05) is 47.2 Å². The highest BCUT2D eigenvalue weighted by Crippen LogP contribution is 2.24. The number of carbonyl (C=O) groups excluding carboxylic acids is 1.